The van der Waals surface area contributed by atoms with E-state index < -0.39 is 6.04 Å². The summed E-state index contributed by atoms with van der Waals surface area (Å²) in [5, 5.41) is 1.83. The van der Waals surface area contributed by atoms with E-state index in [2.05, 4.69) is 22.6 Å². The number of benzene rings is 2. The van der Waals surface area contributed by atoms with E-state index in [0.29, 0.717) is 12.2 Å². The van der Waals surface area contributed by atoms with E-state index >= 15 is 0 Å². The molecular formula is C17H15FIN2O2+. The maximum atomic E-state index is 12.9. The van der Waals surface area contributed by atoms with Crippen LogP contribution in [0.25, 0.3) is 0 Å². The fourth-order valence-corrected chi connectivity index (χ4v) is 2.96. The van der Waals surface area contributed by atoms with Crippen LogP contribution in [0.4, 0.5) is 10.1 Å². The molecule has 1 atom stereocenters. The third-order valence-corrected chi connectivity index (χ3v) is 4.54. The lowest BCUT2D eigenvalue weighted by molar-refractivity contribution is -0.690. The number of hydrogen-bond donors (Lipinski definition) is 1. The number of carbonyl (C=O) groups excluding carboxylic acids is 2. The third kappa shape index (κ3) is 3.59. The van der Waals surface area contributed by atoms with Crippen molar-refractivity contribution in [2.75, 3.05) is 4.90 Å². The number of nitrogens with two attached hydrogens (primary N) is 1. The molecule has 1 aliphatic heterocycles. The zero-order valence-corrected chi connectivity index (χ0v) is 14.4. The van der Waals surface area contributed by atoms with Gasteiger partial charge in [0.05, 0.1) is 12.1 Å². The molecule has 0 aromatic heterocycles. The van der Waals surface area contributed by atoms with Gasteiger partial charge in [-0.3, -0.25) is 9.59 Å². The van der Waals surface area contributed by atoms with Gasteiger partial charge in [-0.05, 0) is 59.0 Å². The second-order valence-corrected chi connectivity index (χ2v) is 6.67. The molecular weight excluding hydrogens is 410 g/mol. The van der Waals surface area contributed by atoms with E-state index in [1.807, 2.05) is 17.4 Å². The van der Waals surface area contributed by atoms with Crippen LogP contribution in [-0.4, -0.2) is 17.9 Å². The van der Waals surface area contributed by atoms with Crippen LogP contribution in [0.15, 0.2) is 48.5 Å². The predicted molar refractivity (Wildman–Crippen MR) is 92.1 cm³/mol. The Morgan fingerprint density at radius 3 is 2.39 bits per heavy atom. The van der Waals surface area contributed by atoms with Gasteiger partial charge in [0.15, 0.2) is 6.04 Å². The minimum absolute atomic E-state index is 0.184. The Balaban J connectivity index is 1.68. The molecule has 0 saturated carbocycles. The van der Waals surface area contributed by atoms with E-state index in [1.54, 1.807) is 24.3 Å². The highest BCUT2D eigenvalue weighted by atomic mass is 127. The molecule has 0 unspecified atom stereocenters. The molecule has 23 heavy (non-hydrogen) atoms. The first-order valence-electron chi connectivity index (χ1n) is 7.25. The van der Waals surface area contributed by atoms with Gasteiger partial charge >= 0.3 is 0 Å². The molecule has 0 bridgehead atoms. The summed E-state index contributed by atoms with van der Waals surface area (Å²) in [5.41, 5.74) is 1.53. The lowest BCUT2D eigenvalue weighted by Gasteiger charge is -2.14. The van der Waals surface area contributed by atoms with Gasteiger partial charge in [-0.25, -0.2) is 9.29 Å². The van der Waals surface area contributed by atoms with Crippen molar-refractivity contribution in [1.82, 2.24) is 0 Å². The summed E-state index contributed by atoms with van der Waals surface area (Å²) in [6.07, 6.45) is 0.187. The van der Waals surface area contributed by atoms with E-state index in [9.17, 15) is 14.0 Å². The van der Waals surface area contributed by atoms with Crippen molar-refractivity contribution in [3.63, 3.8) is 0 Å². The number of quaternary nitrogens is 1. The summed E-state index contributed by atoms with van der Waals surface area (Å²) in [4.78, 5) is 25.9. The number of rotatable bonds is 4. The zero-order valence-electron chi connectivity index (χ0n) is 12.2. The molecule has 1 fully saturated rings. The highest BCUT2D eigenvalue weighted by molar-refractivity contribution is 14.1. The van der Waals surface area contributed by atoms with Crippen LogP contribution in [0.5, 0.6) is 0 Å². The zero-order chi connectivity index (χ0) is 16.4. The van der Waals surface area contributed by atoms with E-state index in [1.165, 1.54) is 17.0 Å². The standard InChI is InChI=1S/C17H14FIN2O2/c18-12-3-1-11(2-4-12)10-20-15-9-16(22)21(17(15)23)14-7-5-13(19)6-8-14/h1-8,15,20H,9-10H2/p+1/t15-/m0/s1. The van der Waals surface area contributed by atoms with Crippen molar-refractivity contribution >= 4 is 40.1 Å². The Hall–Kier alpha value is -1.80. The van der Waals surface area contributed by atoms with Gasteiger partial charge in [0, 0.05) is 9.13 Å². The second-order valence-electron chi connectivity index (χ2n) is 5.42. The number of amides is 2. The number of nitrogens with zero attached hydrogens (tertiary/aromatic N) is 1. The van der Waals surface area contributed by atoms with Crippen molar-refractivity contribution in [2.45, 2.75) is 19.0 Å². The summed E-state index contributed by atoms with van der Waals surface area (Å²) in [7, 11) is 0. The van der Waals surface area contributed by atoms with Gasteiger partial charge in [0.1, 0.15) is 12.4 Å². The molecule has 0 spiro atoms. The summed E-state index contributed by atoms with van der Waals surface area (Å²) < 4.78 is 13.9. The number of hydrogen-bond acceptors (Lipinski definition) is 2. The quantitative estimate of drug-likeness (QED) is 0.601. The fraction of sp³-hybridized carbons (Fsp3) is 0.176. The van der Waals surface area contributed by atoms with Crippen molar-refractivity contribution in [1.29, 1.82) is 0 Å². The molecule has 4 nitrogen and oxygen atoms in total. The summed E-state index contributed by atoms with van der Waals surface area (Å²) in [5.74, 6) is -0.666. The second kappa shape index (κ2) is 6.76. The van der Waals surface area contributed by atoms with Crippen LogP contribution in [0.1, 0.15) is 12.0 Å². The van der Waals surface area contributed by atoms with Gasteiger partial charge in [0.2, 0.25) is 5.91 Å². The van der Waals surface area contributed by atoms with Gasteiger partial charge in [-0.2, -0.15) is 0 Å². The lowest BCUT2D eigenvalue weighted by atomic mass is 10.2. The summed E-state index contributed by atoms with van der Waals surface area (Å²) >= 11 is 2.18. The van der Waals surface area contributed by atoms with Crippen molar-refractivity contribution in [2.24, 2.45) is 0 Å². The Kier molecular flexibility index (Phi) is 4.72. The Labute approximate surface area is 146 Å². The molecule has 2 aromatic carbocycles. The van der Waals surface area contributed by atoms with Crippen molar-refractivity contribution in [3.8, 4) is 0 Å². The van der Waals surface area contributed by atoms with Crippen LogP contribution in [0, 0.1) is 9.39 Å². The molecule has 2 amide bonds. The maximum Gasteiger partial charge on any atom is 0.292 e. The number of anilines is 1. The van der Waals surface area contributed by atoms with Gasteiger partial charge in [0.25, 0.3) is 5.91 Å². The minimum Gasteiger partial charge on any atom is -0.332 e. The SMILES string of the molecule is O=C1C[C@H]([NH2+]Cc2ccc(F)cc2)C(=O)N1c1ccc(I)cc1. The first-order valence-corrected chi connectivity index (χ1v) is 8.32. The maximum absolute atomic E-state index is 12.9. The molecule has 1 heterocycles. The van der Waals surface area contributed by atoms with Crippen LogP contribution >= 0.6 is 22.6 Å². The molecule has 0 aliphatic carbocycles. The Bertz CT molecular complexity index is 731. The lowest BCUT2D eigenvalue weighted by Crippen LogP contribution is -2.90. The average molecular weight is 425 g/mol. The molecule has 1 saturated heterocycles. The van der Waals surface area contributed by atoms with E-state index in [0.717, 1.165) is 9.13 Å². The summed E-state index contributed by atoms with van der Waals surface area (Å²) in [6.45, 7) is 0.532. The molecule has 0 radical (unpaired) electrons. The molecule has 1 aliphatic rings. The van der Waals surface area contributed by atoms with Crippen LogP contribution in [-0.2, 0) is 16.1 Å². The monoisotopic (exact) mass is 425 g/mol. The van der Waals surface area contributed by atoms with Crippen LogP contribution in [0.3, 0.4) is 0 Å². The largest absolute Gasteiger partial charge is 0.332 e. The van der Waals surface area contributed by atoms with Crippen molar-refractivity contribution < 1.29 is 19.3 Å². The van der Waals surface area contributed by atoms with E-state index in [-0.39, 0.29) is 24.1 Å². The van der Waals surface area contributed by atoms with Gasteiger partial charge < -0.3 is 5.32 Å². The highest BCUT2D eigenvalue weighted by Crippen LogP contribution is 2.22. The average Bonchev–Trinajstić information content (AvgIpc) is 2.82. The van der Waals surface area contributed by atoms with Crippen LogP contribution in [0.2, 0.25) is 0 Å². The Morgan fingerprint density at radius 2 is 1.74 bits per heavy atom. The molecule has 2 aromatic rings. The molecule has 2 N–H and O–H groups in total. The van der Waals surface area contributed by atoms with Gasteiger partial charge in [-0.15, -0.1) is 0 Å². The highest BCUT2D eigenvalue weighted by Gasteiger charge is 2.42. The summed E-state index contributed by atoms with van der Waals surface area (Å²) in [6, 6.07) is 13.0. The van der Waals surface area contributed by atoms with E-state index in [4.69, 9.17) is 0 Å². The normalized spacial score (nSPS) is 17.8. The number of carbonyl (C=O) groups is 2. The molecule has 118 valence electrons. The number of imide groups is 1. The third-order valence-electron chi connectivity index (χ3n) is 3.82. The molecule has 3 rings (SSSR count). The predicted octanol–water partition coefficient (Wildman–Crippen LogP) is 1.83. The fourth-order valence-electron chi connectivity index (χ4n) is 2.60. The molecule has 6 heteroatoms. The first-order chi connectivity index (χ1) is 11.0. The van der Waals surface area contributed by atoms with Crippen molar-refractivity contribution in [3.05, 3.63) is 63.5 Å². The topological polar surface area (TPSA) is 54.0 Å². The van der Waals surface area contributed by atoms with Crippen LogP contribution < -0.4 is 10.2 Å². The smallest absolute Gasteiger partial charge is 0.292 e. The van der Waals surface area contributed by atoms with Gasteiger partial charge in [-0.1, -0.05) is 12.1 Å². The first kappa shape index (κ1) is 16.1. The Morgan fingerprint density at radius 1 is 1.09 bits per heavy atom. The number of halogens is 2. The minimum atomic E-state index is -0.424.